The maximum atomic E-state index is 6.06. The van der Waals surface area contributed by atoms with Crippen LogP contribution in [0.15, 0.2) is 47.2 Å². The summed E-state index contributed by atoms with van der Waals surface area (Å²) in [6.07, 6.45) is 4.59. The van der Waals surface area contributed by atoms with E-state index in [1.165, 1.54) is 0 Å². The predicted molar refractivity (Wildman–Crippen MR) is 126 cm³/mol. The van der Waals surface area contributed by atoms with Crippen LogP contribution in [0.5, 0.6) is 0 Å². The van der Waals surface area contributed by atoms with E-state index in [-0.39, 0.29) is 6.04 Å². The Balaban J connectivity index is 1.22. The van der Waals surface area contributed by atoms with Crippen LogP contribution >= 0.6 is 0 Å². The van der Waals surface area contributed by atoms with E-state index < -0.39 is 0 Å². The monoisotopic (exact) mass is 445 g/mol. The molecule has 1 saturated heterocycles. The standard InChI is InChI=1S/C26H31N5O2/c1-3-26-28-10-11-31(26)24(15-27)23-14-25(33-29-23)19-7-4-18(5-8-19)6-9-20-21-16-30(12-13-32-2)17-22(20)21/h4-5,7-8,10-11,14,20-22,24H,3,12-13,15-17,27H2,1-2H3. The second-order valence-electron chi connectivity index (χ2n) is 8.92. The second-order valence-corrected chi connectivity index (χ2v) is 8.92. The lowest BCUT2D eigenvalue weighted by molar-refractivity contribution is 0.153. The number of rotatable bonds is 8. The molecule has 172 valence electrons. The van der Waals surface area contributed by atoms with Gasteiger partial charge >= 0.3 is 0 Å². The van der Waals surface area contributed by atoms with Gasteiger partial charge in [0.15, 0.2) is 5.76 Å². The molecule has 1 saturated carbocycles. The molecule has 0 radical (unpaired) electrons. The third-order valence-electron chi connectivity index (χ3n) is 6.93. The quantitative estimate of drug-likeness (QED) is 0.537. The second kappa shape index (κ2) is 9.52. The summed E-state index contributed by atoms with van der Waals surface area (Å²) < 4.78 is 12.9. The SMILES string of the molecule is CCc1nccn1C(CN)c1cc(-c2ccc(C#CC3C4CN(CCOC)CC34)cc2)on1. The van der Waals surface area contributed by atoms with Gasteiger partial charge in [-0.15, -0.1) is 0 Å². The minimum atomic E-state index is -0.0893. The van der Waals surface area contributed by atoms with Crippen LogP contribution in [0.2, 0.25) is 0 Å². The molecule has 3 atom stereocenters. The van der Waals surface area contributed by atoms with Crippen LogP contribution in [0.25, 0.3) is 11.3 Å². The van der Waals surface area contributed by atoms with Crippen molar-refractivity contribution in [3.63, 3.8) is 0 Å². The molecule has 0 spiro atoms. The fraction of sp³-hybridized carbons (Fsp3) is 0.462. The lowest BCUT2D eigenvalue weighted by Gasteiger charge is -2.17. The molecule has 7 heteroatoms. The van der Waals surface area contributed by atoms with Crippen molar-refractivity contribution < 1.29 is 9.26 Å². The highest BCUT2D eigenvalue weighted by molar-refractivity contribution is 5.59. The lowest BCUT2D eigenvalue weighted by Crippen LogP contribution is -2.27. The number of imidazole rings is 1. The Hall–Kier alpha value is -2.92. The number of likely N-dealkylation sites (tertiary alicyclic amines) is 1. The Bertz CT molecular complexity index is 1130. The van der Waals surface area contributed by atoms with E-state index in [2.05, 4.69) is 50.5 Å². The summed E-state index contributed by atoms with van der Waals surface area (Å²) in [7, 11) is 1.76. The number of benzene rings is 1. The van der Waals surface area contributed by atoms with Crippen molar-refractivity contribution in [3.05, 3.63) is 59.8 Å². The third kappa shape index (κ3) is 4.47. The Morgan fingerprint density at radius 3 is 2.73 bits per heavy atom. The predicted octanol–water partition coefficient (Wildman–Crippen LogP) is 2.82. The van der Waals surface area contributed by atoms with E-state index in [1.807, 2.05) is 24.4 Å². The molecule has 3 unspecified atom stereocenters. The van der Waals surface area contributed by atoms with Crippen LogP contribution < -0.4 is 5.73 Å². The van der Waals surface area contributed by atoms with E-state index in [4.69, 9.17) is 15.0 Å². The molecule has 3 aromatic rings. The molecule has 2 fully saturated rings. The Morgan fingerprint density at radius 1 is 1.24 bits per heavy atom. The van der Waals surface area contributed by atoms with Crippen molar-refractivity contribution in [1.82, 2.24) is 19.6 Å². The van der Waals surface area contributed by atoms with Gasteiger partial charge in [0.2, 0.25) is 0 Å². The molecule has 2 aliphatic rings. The van der Waals surface area contributed by atoms with Crippen molar-refractivity contribution >= 4 is 0 Å². The fourth-order valence-electron chi connectivity index (χ4n) is 4.98. The molecule has 5 rings (SSSR count). The first-order chi connectivity index (χ1) is 16.2. The highest BCUT2D eigenvalue weighted by Crippen LogP contribution is 2.51. The minimum Gasteiger partial charge on any atom is -0.383 e. The van der Waals surface area contributed by atoms with Crippen LogP contribution in [0.1, 0.15) is 30.0 Å². The molecule has 7 nitrogen and oxygen atoms in total. The zero-order chi connectivity index (χ0) is 22.8. The van der Waals surface area contributed by atoms with E-state index in [1.54, 1.807) is 13.3 Å². The number of methoxy groups -OCH3 is 1. The molecule has 0 bridgehead atoms. The van der Waals surface area contributed by atoms with Crippen molar-refractivity contribution in [1.29, 1.82) is 0 Å². The Morgan fingerprint density at radius 2 is 2.03 bits per heavy atom. The first-order valence-electron chi connectivity index (χ1n) is 11.7. The smallest absolute Gasteiger partial charge is 0.167 e. The number of piperidine rings is 1. The molecule has 33 heavy (non-hydrogen) atoms. The zero-order valence-electron chi connectivity index (χ0n) is 19.3. The highest BCUT2D eigenvalue weighted by Gasteiger charge is 2.54. The molecule has 0 amide bonds. The summed E-state index contributed by atoms with van der Waals surface area (Å²) in [4.78, 5) is 6.89. The average Bonchev–Trinajstić information content (AvgIpc) is 3.35. The van der Waals surface area contributed by atoms with E-state index >= 15 is 0 Å². The molecular formula is C26H31N5O2. The van der Waals surface area contributed by atoms with Crippen LogP contribution in [0.3, 0.4) is 0 Å². The maximum Gasteiger partial charge on any atom is 0.167 e. The fourth-order valence-corrected chi connectivity index (χ4v) is 4.98. The number of aromatic nitrogens is 3. The molecule has 1 aliphatic carbocycles. The van der Waals surface area contributed by atoms with Gasteiger partial charge in [0.05, 0.1) is 12.6 Å². The van der Waals surface area contributed by atoms with Crippen molar-refractivity contribution in [3.8, 4) is 23.2 Å². The molecule has 3 heterocycles. The summed E-state index contributed by atoms with van der Waals surface area (Å²) in [6.45, 7) is 6.66. The van der Waals surface area contributed by atoms with Gasteiger partial charge in [-0.3, -0.25) is 0 Å². The van der Waals surface area contributed by atoms with Crippen LogP contribution in [0.4, 0.5) is 0 Å². The van der Waals surface area contributed by atoms with Gasteiger partial charge < -0.3 is 24.5 Å². The van der Waals surface area contributed by atoms with Crippen LogP contribution in [-0.2, 0) is 11.2 Å². The largest absolute Gasteiger partial charge is 0.383 e. The van der Waals surface area contributed by atoms with Crippen molar-refractivity contribution in [2.45, 2.75) is 19.4 Å². The number of nitrogens with zero attached hydrogens (tertiary/aromatic N) is 4. The number of ether oxygens (including phenoxy) is 1. The normalized spacial score (nSPS) is 22.6. The number of fused-ring (bicyclic) bond motifs is 1. The molecule has 2 N–H and O–H groups in total. The number of nitrogens with two attached hydrogens (primary N) is 1. The minimum absolute atomic E-state index is 0.0893. The van der Waals surface area contributed by atoms with E-state index in [9.17, 15) is 0 Å². The van der Waals surface area contributed by atoms with Gasteiger partial charge in [0, 0.05) is 75.2 Å². The van der Waals surface area contributed by atoms with E-state index in [0.717, 1.165) is 72.9 Å². The molecule has 1 aliphatic heterocycles. The number of aryl methyl sites for hydroxylation is 1. The first-order valence-corrected chi connectivity index (χ1v) is 11.7. The van der Waals surface area contributed by atoms with Crippen molar-refractivity contribution in [2.24, 2.45) is 23.5 Å². The molecule has 2 aromatic heterocycles. The lowest BCUT2D eigenvalue weighted by atomic mass is 10.1. The van der Waals surface area contributed by atoms with Gasteiger partial charge in [-0.1, -0.05) is 23.9 Å². The van der Waals surface area contributed by atoms with Crippen LogP contribution in [-0.4, -0.2) is 59.5 Å². The number of hydrogen-bond acceptors (Lipinski definition) is 6. The maximum absolute atomic E-state index is 6.06. The average molecular weight is 446 g/mol. The summed E-state index contributed by atoms with van der Waals surface area (Å²) in [5, 5.41) is 4.30. The van der Waals surface area contributed by atoms with Crippen molar-refractivity contribution in [2.75, 3.05) is 39.9 Å². The Kier molecular flexibility index (Phi) is 6.32. The summed E-state index contributed by atoms with van der Waals surface area (Å²) in [6, 6.07) is 10.1. The molecule has 1 aromatic carbocycles. The summed E-state index contributed by atoms with van der Waals surface area (Å²) in [5.74, 6) is 10.6. The molecular weight excluding hydrogens is 414 g/mol. The third-order valence-corrected chi connectivity index (χ3v) is 6.93. The summed E-state index contributed by atoms with van der Waals surface area (Å²) in [5.41, 5.74) is 8.88. The summed E-state index contributed by atoms with van der Waals surface area (Å²) >= 11 is 0. The van der Waals surface area contributed by atoms with E-state index in [0.29, 0.717) is 12.5 Å². The number of hydrogen-bond donors (Lipinski definition) is 1. The van der Waals surface area contributed by atoms with Gasteiger partial charge in [0.25, 0.3) is 0 Å². The van der Waals surface area contributed by atoms with Crippen LogP contribution in [0, 0.1) is 29.6 Å². The zero-order valence-corrected chi connectivity index (χ0v) is 19.3. The topological polar surface area (TPSA) is 82.3 Å². The van der Waals surface area contributed by atoms with Gasteiger partial charge in [-0.25, -0.2) is 4.98 Å². The highest BCUT2D eigenvalue weighted by atomic mass is 16.5. The van der Waals surface area contributed by atoms with Gasteiger partial charge in [0.1, 0.15) is 11.5 Å². The Labute approximate surface area is 194 Å². The first kappa shape index (κ1) is 21.9. The van der Waals surface area contributed by atoms with Gasteiger partial charge in [-0.2, -0.15) is 0 Å². The van der Waals surface area contributed by atoms with Gasteiger partial charge in [-0.05, 0) is 36.1 Å².